The standard InChI is InChI=1S/C12H16/c1-3-11(2)9-10-12-7-5-4-6-8-12/h3-5,7,9-10H,6,8H2,1-2H3/b10-9-,11-3-. The zero-order chi connectivity index (χ0) is 8.81. The van der Waals surface area contributed by atoms with Gasteiger partial charge in [0.05, 0.1) is 0 Å². The fraction of sp³-hybridized carbons (Fsp3) is 0.333. The third-order valence-electron chi connectivity index (χ3n) is 2.06. The van der Waals surface area contributed by atoms with Crippen molar-refractivity contribution in [2.45, 2.75) is 26.7 Å². The lowest BCUT2D eigenvalue weighted by Gasteiger charge is -2.02. The zero-order valence-corrected chi connectivity index (χ0v) is 7.88. The van der Waals surface area contributed by atoms with Gasteiger partial charge in [0.2, 0.25) is 0 Å². The van der Waals surface area contributed by atoms with Crippen LogP contribution in [0.1, 0.15) is 26.7 Å². The molecule has 0 heteroatoms. The Morgan fingerprint density at radius 1 is 1.50 bits per heavy atom. The monoisotopic (exact) mass is 160 g/mol. The molecule has 0 atom stereocenters. The van der Waals surface area contributed by atoms with Crippen molar-refractivity contribution in [3.05, 3.63) is 47.6 Å². The van der Waals surface area contributed by atoms with Crippen LogP contribution < -0.4 is 0 Å². The molecule has 0 amide bonds. The van der Waals surface area contributed by atoms with Gasteiger partial charge in [-0.3, -0.25) is 0 Å². The third-order valence-corrected chi connectivity index (χ3v) is 2.06. The summed E-state index contributed by atoms with van der Waals surface area (Å²) in [6.07, 6.45) is 15.4. The van der Waals surface area contributed by atoms with Crippen LogP contribution in [-0.2, 0) is 0 Å². The minimum Gasteiger partial charge on any atom is -0.0847 e. The van der Waals surface area contributed by atoms with E-state index in [4.69, 9.17) is 0 Å². The van der Waals surface area contributed by atoms with E-state index in [9.17, 15) is 0 Å². The Morgan fingerprint density at radius 2 is 2.33 bits per heavy atom. The molecule has 0 saturated heterocycles. The van der Waals surface area contributed by atoms with E-state index in [1.807, 2.05) is 0 Å². The maximum absolute atomic E-state index is 2.21. The average Bonchev–Trinajstić information content (AvgIpc) is 2.16. The smallest absolute Gasteiger partial charge is 0.0244 e. The van der Waals surface area contributed by atoms with E-state index in [0.717, 1.165) is 0 Å². The predicted octanol–water partition coefficient (Wildman–Crippen LogP) is 3.79. The number of allylic oxidation sites excluding steroid dienone is 8. The van der Waals surface area contributed by atoms with E-state index in [2.05, 4.69) is 50.3 Å². The van der Waals surface area contributed by atoms with Crippen molar-refractivity contribution < 1.29 is 0 Å². The van der Waals surface area contributed by atoms with Crippen molar-refractivity contribution in [1.29, 1.82) is 0 Å². The van der Waals surface area contributed by atoms with E-state index in [1.165, 1.54) is 24.0 Å². The summed E-state index contributed by atoms with van der Waals surface area (Å²) in [6, 6.07) is 0. The van der Waals surface area contributed by atoms with E-state index in [0.29, 0.717) is 0 Å². The Labute approximate surface area is 75.0 Å². The Balaban J connectivity index is 2.55. The molecule has 64 valence electrons. The van der Waals surface area contributed by atoms with Gasteiger partial charge in [-0.25, -0.2) is 0 Å². The fourth-order valence-corrected chi connectivity index (χ4v) is 1.09. The summed E-state index contributed by atoms with van der Waals surface area (Å²) in [5.41, 5.74) is 2.75. The third kappa shape index (κ3) is 2.91. The molecule has 0 heterocycles. The molecule has 1 rings (SSSR count). The fourth-order valence-electron chi connectivity index (χ4n) is 1.09. The molecule has 1 aliphatic rings. The van der Waals surface area contributed by atoms with Crippen LogP contribution in [0.4, 0.5) is 0 Å². The van der Waals surface area contributed by atoms with Gasteiger partial charge in [0.15, 0.2) is 0 Å². The van der Waals surface area contributed by atoms with Crippen LogP contribution in [-0.4, -0.2) is 0 Å². The molecule has 0 aromatic heterocycles. The maximum Gasteiger partial charge on any atom is -0.0244 e. The van der Waals surface area contributed by atoms with Crippen LogP contribution in [0.2, 0.25) is 0 Å². The van der Waals surface area contributed by atoms with Crippen LogP contribution in [0.5, 0.6) is 0 Å². The minimum atomic E-state index is 1.18. The van der Waals surface area contributed by atoms with Gasteiger partial charge in [-0.05, 0) is 32.3 Å². The Hall–Kier alpha value is -1.04. The summed E-state index contributed by atoms with van der Waals surface area (Å²) in [5.74, 6) is 0. The molecule has 0 fully saturated rings. The van der Waals surface area contributed by atoms with E-state index in [1.54, 1.807) is 0 Å². The number of hydrogen-bond donors (Lipinski definition) is 0. The molecule has 0 aromatic carbocycles. The summed E-state index contributed by atoms with van der Waals surface area (Å²) in [7, 11) is 0. The molecular formula is C12H16. The van der Waals surface area contributed by atoms with Crippen LogP contribution in [0.3, 0.4) is 0 Å². The largest absolute Gasteiger partial charge is 0.0847 e. The number of hydrogen-bond acceptors (Lipinski definition) is 0. The van der Waals surface area contributed by atoms with Gasteiger partial charge >= 0.3 is 0 Å². The van der Waals surface area contributed by atoms with Gasteiger partial charge in [-0.1, -0.05) is 42.0 Å². The highest BCUT2D eigenvalue weighted by Crippen LogP contribution is 2.13. The summed E-state index contributed by atoms with van der Waals surface area (Å²) >= 11 is 0. The van der Waals surface area contributed by atoms with Gasteiger partial charge in [0, 0.05) is 0 Å². The summed E-state index contributed by atoms with van der Waals surface area (Å²) in [6.45, 7) is 4.19. The first kappa shape index (κ1) is 9.05. The summed E-state index contributed by atoms with van der Waals surface area (Å²) in [5, 5.41) is 0. The van der Waals surface area contributed by atoms with Gasteiger partial charge in [0.1, 0.15) is 0 Å². The van der Waals surface area contributed by atoms with Gasteiger partial charge in [-0.2, -0.15) is 0 Å². The van der Waals surface area contributed by atoms with E-state index < -0.39 is 0 Å². The van der Waals surface area contributed by atoms with Crippen molar-refractivity contribution in [1.82, 2.24) is 0 Å². The Kier molecular flexibility index (Phi) is 3.59. The molecule has 0 radical (unpaired) electrons. The molecule has 0 spiro atoms. The molecule has 0 saturated carbocycles. The van der Waals surface area contributed by atoms with Gasteiger partial charge in [0.25, 0.3) is 0 Å². The highest BCUT2D eigenvalue weighted by Gasteiger charge is 1.93. The van der Waals surface area contributed by atoms with Crippen LogP contribution >= 0.6 is 0 Å². The average molecular weight is 160 g/mol. The van der Waals surface area contributed by atoms with Crippen LogP contribution in [0.15, 0.2) is 47.6 Å². The molecule has 0 aliphatic heterocycles. The highest BCUT2D eigenvalue weighted by atomic mass is 14.0. The molecule has 0 unspecified atom stereocenters. The maximum atomic E-state index is 2.21. The van der Waals surface area contributed by atoms with Gasteiger partial charge < -0.3 is 0 Å². The zero-order valence-electron chi connectivity index (χ0n) is 7.88. The lowest BCUT2D eigenvalue weighted by molar-refractivity contribution is 0.990. The normalized spacial score (nSPS) is 18.5. The second-order valence-corrected chi connectivity index (χ2v) is 3.07. The SMILES string of the molecule is C/C=C(C)\C=C/C1=CC=CCC1. The lowest BCUT2D eigenvalue weighted by atomic mass is 10.0. The molecule has 0 bridgehead atoms. The molecule has 0 nitrogen and oxygen atoms in total. The molecule has 12 heavy (non-hydrogen) atoms. The van der Waals surface area contributed by atoms with Crippen LogP contribution in [0.25, 0.3) is 0 Å². The first-order chi connectivity index (χ1) is 5.83. The predicted molar refractivity (Wildman–Crippen MR) is 55.0 cm³/mol. The second-order valence-electron chi connectivity index (χ2n) is 3.07. The van der Waals surface area contributed by atoms with E-state index in [-0.39, 0.29) is 0 Å². The number of rotatable bonds is 2. The molecule has 0 aromatic rings. The first-order valence-electron chi connectivity index (χ1n) is 4.49. The lowest BCUT2D eigenvalue weighted by Crippen LogP contribution is -1.82. The second kappa shape index (κ2) is 4.76. The van der Waals surface area contributed by atoms with Crippen molar-refractivity contribution in [3.63, 3.8) is 0 Å². The quantitative estimate of drug-likeness (QED) is 0.539. The van der Waals surface area contributed by atoms with E-state index >= 15 is 0 Å². The topological polar surface area (TPSA) is 0 Å². The van der Waals surface area contributed by atoms with Crippen molar-refractivity contribution in [2.24, 2.45) is 0 Å². The molecule has 1 aliphatic carbocycles. The minimum absolute atomic E-state index is 1.18. The Morgan fingerprint density at radius 3 is 2.92 bits per heavy atom. The van der Waals surface area contributed by atoms with Crippen molar-refractivity contribution >= 4 is 0 Å². The molecule has 0 N–H and O–H groups in total. The Bertz CT molecular complexity index is 249. The van der Waals surface area contributed by atoms with Gasteiger partial charge in [-0.15, -0.1) is 0 Å². The van der Waals surface area contributed by atoms with Crippen molar-refractivity contribution in [3.8, 4) is 0 Å². The highest BCUT2D eigenvalue weighted by molar-refractivity contribution is 5.31. The first-order valence-corrected chi connectivity index (χ1v) is 4.49. The molecular weight excluding hydrogens is 144 g/mol. The summed E-state index contributed by atoms with van der Waals surface area (Å²) < 4.78 is 0. The van der Waals surface area contributed by atoms with Crippen LogP contribution in [0, 0.1) is 0 Å². The summed E-state index contributed by atoms with van der Waals surface area (Å²) in [4.78, 5) is 0. The van der Waals surface area contributed by atoms with Crippen molar-refractivity contribution in [2.75, 3.05) is 0 Å².